The summed E-state index contributed by atoms with van der Waals surface area (Å²) in [4.78, 5) is 26.3. The first-order valence-electron chi connectivity index (χ1n) is 6.18. The van der Waals surface area contributed by atoms with Crippen LogP contribution in [0.15, 0.2) is 24.4 Å². The fraction of sp³-hybridized carbons (Fsp3) is 0.143. The third kappa shape index (κ3) is 3.18. The van der Waals surface area contributed by atoms with E-state index in [9.17, 15) is 14.9 Å². The third-order valence-corrected chi connectivity index (χ3v) is 3.53. The molecule has 0 N–H and O–H groups in total. The largest absolute Gasteiger partial charge is 0.358 e. The van der Waals surface area contributed by atoms with E-state index in [1.165, 1.54) is 23.6 Å². The van der Waals surface area contributed by atoms with Gasteiger partial charge in [0, 0.05) is 23.9 Å². The minimum absolute atomic E-state index is 0.103. The number of aryl methyl sites for hydroxylation is 1. The number of carbonyl (C=O) groups excluding carboxylic acids is 1. The quantitative estimate of drug-likeness (QED) is 0.479. The van der Waals surface area contributed by atoms with Crippen molar-refractivity contribution < 1.29 is 9.72 Å². The van der Waals surface area contributed by atoms with E-state index < -0.39 is 4.92 Å². The molecular formula is C14H11Cl2N3O3. The van der Waals surface area contributed by atoms with E-state index in [1.54, 1.807) is 19.1 Å². The van der Waals surface area contributed by atoms with Gasteiger partial charge < -0.3 is 10.1 Å². The number of hydrogen-bond donors (Lipinski definition) is 0. The highest BCUT2D eigenvalue weighted by Crippen LogP contribution is 2.27. The van der Waals surface area contributed by atoms with E-state index in [0.29, 0.717) is 21.4 Å². The van der Waals surface area contributed by atoms with Crippen LogP contribution in [0, 0.1) is 17.0 Å². The van der Waals surface area contributed by atoms with Crippen LogP contribution in [0.2, 0.25) is 10.0 Å². The summed E-state index contributed by atoms with van der Waals surface area (Å²) >= 11 is 11.9. The molecule has 2 rings (SSSR count). The number of rotatable bonds is 4. The molecule has 0 aliphatic heterocycles. The number of ketones is 1. The van der Waals surface area contributed by atoms with Crippen molar-refractivity contribution in [3.05, 3.63) is 55.9 Å². The molecule has 22 heavy (non-hydrogen) atoms. The molecule has 0 aliphatic carbocycles. The van der Waals surface area contributed by atoms with Gasteiger partial charge in [0.1, 0.15) is 6.20 Å². The molecule has 0 radical (unpaired) electrons. The third-order valence-electron chi connectivity index (χ3n) is 2.96. The molecule has 8 heteroatoms. The second-order valence-electron chi connectivity index (χ2n) is 4.51. The lowest BCUT2D eigenvalue weighted by Crippen LogP contribution is -2.10. The molecule has 0 aliphatic rings. The van der Waals surface area contributed by atoms with Crippen LogP contribution >= 0.6 is 23.2 Å². The summed E-state index contributed by atoms with van der Waals surface area (Å²) in [5.41, 5.74) is 0.629. The molecule has 0 fully saturated rings. The first kappa shape index (κ1) is 16.2. The Kier molecular flexibility index (Phi) is 4.63. The molecule has 0 unspecified atom stereocenters. The van der Waals surface area contributed by atoms with E-state index in [0.717, 1.165) is 6.20 Å². The van der Waals surface area contributed by atoms with Crippen LogP contribution < -0.4 is 0 Å². The minimum atomic E-state index is -0.597. The van der Waals surface area contributed by atoms with E-state index in [2.05, 4.69) is 4.98 Å². The van der Waals surface area contributed by atoms with Gasteiger partial charge in [0.05, 0.1) is 0 Å². The molecule has 0 amide bonds. The Hall–Kier alpha value is -2.18. The zero-order valence-corrected chi connectivity index (χ0v) is 13.2. The fourth-order valence-electron chi connectivity index (χ4n) is 1.95. The average Bonchev–Trinajstić information content (AvgIpc) is 2.79. The number of carbonyl (C=O) groups is 1. The Morgan fingerprint density at radius 1 is 1.41 bits per heavy atom. The van der Waals surface area contributed by atoms with Crippen molar-refractivity contribution in [2.24, 2.45) is 0 Å². The Labute approximate surface area is 136 Å². The molecule has 1 heterocycles. The summed E-state index contributed by atoms with van der Waals surface area (Å²) in [7, 11) is 0. The maximum Gasteiger partial charge on any atom is 0.348 e. The average molecular weight is 340 g/mol. The summed E-state index contributed by atoms with van der Waals surface area (Å²) in [5, 5.41) is 11.9. The smallest absolute Gasteiger partial charge is 0.348 e. The number of hydrogen-bond acceptors (Lipinski definition) is 4. The van der Waals surface area contributed by atoms with Crippen molar-refractivity contribution in [2.45, 2.75) is 13.8 Å². The van der Waals surface area contributed by atoms with Gasteiger partial charge in [-0.2, -0.15) is 4.57 Å². The maximum atomic E-state index is 11.9. The van der Waals surface area contributed by atoms with Crippen LogP contribution in [0.4, 0.5) is 5.82 Å². The SMILES string of the molecule is CC(=O)/C(=C\c1ccc(Cl)cc1Cl)n1c([N+](=O)[O-])cnc1C. The molecular weight excluding hydrogens is 329 g/mol. The van der Waals surface area contributed by atoms with Gasteiger partial charge in [-0.3, -0.25) is 4.79 Å². The van der Waals surface area contributed by atoms with Crippen molar-refractivity contribution in [1.29, 1.82) is 0 Å². The van der Waals surface area contributed by atoms with Crippen molar-refractivity contribution in [2.75, 3.05) is 0 Å². The van der Waals surface area contributed by atoms with E-state index in [-0.39, 0.29) is 17.3 Å². The monoisotopic (exact) mass is 339 g/mol. The first-order valence-corrected chi connectivity index (χ1v) is 6.93. The maximum absolute atomic E-state index is 11.9. The van der Waals surface area contributed by atoms with Gasteiger partial charge in [-0.15, -0.1) is 0 Å². The highest BCUT2D eigenvalue weighted by Gasteiger charge is 2.24. The number of imidazole rings is 1. The standard InChI is InChI=1S/C14H11Cl2N3O3/c1-8(20)13(5-10-3-4-11(15)6-12(10)16)18-9(2)17-7-14(18)19(21)22/h3-7H,1-2H3/b13-5+. The van der Waals surface area contributed by atoms with Crippen molar-refractivity contribution in [1.82, 2.24) is 9.55 Å². The van der Waals surface area contributed by atoms with Gasteiger partial charge in [-0.1, -0.05) is 29.3 Å². The number of nitrogens with zero attached hydrogens (tertiary/aromatic N) is 3. The van der Waals surface area contributed by atoms with Gasteiger partial charge in [0.2, 0.25) is 0 Å². The molecule has 0 saturated carbocycles. The van der Waals surface area contributed by atoms with Crippen LogP contribution in [-0.4, -0.2) is 20.3 Å². The second-order valence-corrected chi connectivity index (χ2v) is 5.35. The summed E-state index contributed by atoms with van der Waals surface area (Å²) in [6.07, 6.45) is 2.58. The summed E-state index contributed by atoms with van der Waals surface area (Å²) in [6.45, 7) is 2.89. The van der Waals surface area contributed by atoms with Crippen LogP contribution in [0.5, 0.6) is 0 Å². The lowest BCUT2D eigenvalue weighted by atomic mass is 10.1. The molecule has 0 saturated heterocycles. The zero-order valence-electron chi connectivity index (χ0n) is 11.7. The topological polar surface area (TPSA) is 78.0 Å². The molecule has 0 spiro atoms. The van der Waals surface area contributed by atoms with Crippen molar-refractivity contribution >= 4 is 46.6 Å². The van der Waals surface area contributed by atoms with E-state index in [4.69, 9.17) is 23.2 Å². The Bertz CT molecular complexity index is 797. The lowest BCUT2D eigenvalue weighted by molar-refractivity contribution is -0.390. The molecule has 0 bridgehead atoms. The number of benzene rings is 1. The Morgan fingerprint density at radius 3 is 2.64 bits per heavy atom. The molecule has 6 nitrogen and oxygen atoms in total. The summed E-state index contributed by atoms with van der Waals surface area (Å²) in [6, 6.07) is 4.78. The first-order chi connectivity index (χ1) is 10.3. The number of Topliss-reactive ketones (excluding diaryl/α,β-unsaturated/α-hetero) is 1. The van der Waals surface area contributed by atoms with Crippen molar-refractivity contribution in [3.8, 4) is 0 Å². The Balaban J connectivity index is 2.66. The van der Waals surface area contributed by atoms with Crippen LogP contribution in [-0.2, 0) is 4.79 Å². The summed E-state index contributed by atoms with van der Waals surface area (Å²) < 4.78 is 1.19. The van der Waals surface area contributed by atoms with Gasteiger partial charge in [0.15, 0.2) is 17.3 Å². The minimum Gasteiger partial charge on any atom is -0.358 e. The molecule has 1 aromatic carbocycles. The van der Waals surface area contributed by atoms with E-state index >= 15 is 0 Å². The number of nitro groups is 1. The highest BCUT2D eigenvalue weighted by atomic mass is 35.5. The van der Waals surface area contributed by atoms with E-state index in [1.807, 2.05) is 0 Å². The molecule has 2 aromatic rings. The van der Waals surface area contributed by atoms with Gasteiger partial charge in [0.25, 0.3) is 0 Å². The number of aromatic nitrogens is 2. The van der Waals surface area contributed by atoms with Gasteiger partial charge in [-0.25, -0.2) is 4.98 Å². The predicted molar refractivity (Wildman–Crippen MR) is 84.9 cm³/mol. The van der Waals surface area contributed by atoms with Crippen molar-refractivity contribution in [3.63, 3.8) is 0 Å². The highest BCUT2D eigenvalue weighted by molar-refractivity contribution is 6.36. The second kappa shape index (κ2) is 6.29. The van der Waals surface area contributed by atoms with Crippen LogP contribution in [0.25, 0.3) is 11.8 Å². The fourth-order valence-corrected chi connectivity index (χ4v) is 2.41. The molecule has 0 atom stereocenters. The molecule has 1 aromatic heterocycles. The van der Waals surface area contributed by atoms with Gasteiger partial charge >= 0.3 is 5.82 Å². The van der Waals surface area contributed by atoms with Crippen LogP contribution in [0.3, 0.4) is 0 Å². The number of allylic oxidation sites excluding steroid dienone is 1. The zero-order chi connectivity index (χ0) is 16.4. The molecule has 114 valence electrons. The Morgan fingerprint density at radius 2 is 2.09 bits per heavy atom. The number of halogens is 2. The summed E-state index contributed by atoms with van der Waals surface area (Å²) in [5.74, 6) is -0.308. The predicted octanol–water partition coefficient (Wildman–Crippen LogP) is 3.99. The normalized spacial score (nSPS) is 11.5. The van der Waals surface area contributed by atoms with Crippen LogP contribution in [0.1, 0.15) is 18.3 Å². The van der Waals surface area contributed by atoms with Gasteiger partial charge in [-0.05, 0) is 28.7 Å². The lowest BCUT2D eigenvalue weighted by Gasteiger charge is -2.06.